The molecule has 100 valence electrons. The van der Waals surface area contributed by atoms with Crippen LogP contribution in [0.1, 0.15) is 24.5 Å². The van der Waals surface area contributed by atoms with Crippen LogP contribution in [0.5, 0.6) is 0 Å². The van der Waals surface area contributed by atoms with Gasteiger partial charge in [0, 0.05) is 5.57 Å². The Morgan fingerprint density at radius 3 is 2.63 bits per heavy atom. The molecule has 2 rings (SSSR count). The highest BCUT2D eigenvalue weighted by molar-refractivity contribution is 6.02. The second-order valence-corrected chi connectivity index (χ2v) is 4.56. The molecule has 4 heteroatoms. The van der Waals surface area contributed by atoms with E-state index in [2.05, 4.69) is 4.74 Å². The summed E-state index contributed by atoms with van der Waals surface area (Å²) >= 11 is 0. The second kappa shape index (κ2) is 5.80. The molecular weight excluding hydrogens is 244 g/mol. The van der Waals surface area contributed by atoms with Crippen molar-refractivity contribution in [1.29, 1.82) is 0 Å². The number of carbonyl (C=O) groups excluding carboxylic acids is 2. The van der Waals surface area contributed by atoms with Gasteiger partial charge in [-0.25, -0.2) is 4.79 Å². The van der Waals surface area contributed by atoms with Crippen molar-refractivity contribution >= 4 is 11.8 Å². The Morgan fingerprint density at radius 1 is 1.37 bits per heavy atom. The smallest absolute Gasteiger partial charge is 0.333 e. The molecule has 0 radical (unpaired) electrons. The molecule has 19 heavy (non-hydrogen) atoms. The van der Waals surface area contributed by atoms with Gasteiger partial charge in [-0.1, -0.05) is 30.3 Å². The first-order chi connectivity index (χ1) is 9.13. The first kappa shape index (κ1) is 13.5. The van der Waals surface area contributed by atoms with Gasteiger partial charge in [-0.05, 0) is 24.5 Å². The highest BCUT2D eigenvalue weighted by Crippen LogP contribution is 2.31. The van der Waals surface area contributed by atoms with Crippen LogP contribution in [0.4, 0.5) is 0 Å². The van der Waals surface area contributed by atoms with E-state index in [-0.39, 0.29) is 5.78 Å². The number of hydrogen-bond acceptors (Lipinski definition) is 4. The molecule has 0 aromatic heterocycles. The van der Waals surface area contributed by atoms with Crippen molar-refractivity contribution in [3.8, 4) is 0 Å². The van der Waals surface area contributed by atoms with Crippen LogP contribution < -0.4 is 0 Å². The van der Waals surface area contributed by atoms with E-state index in [0.717, 1.165) is 5.56 Å². The van der Waals surface area contributed by atoms with Crippen molar-refractivity contribution in [2.45, 2.75) is 18.9 Å². The third-order valence-corrected chi connectivity index (χ3v) is 3.38. The van der Waals surface area contributed by atoms with E-state index in [4.69, 9.17) is 0 Å². The highest BCUT2D eigenvalue weighted by atomic mass is 16.5. The maximum Gasteiger partial charge on any atom is 0.333 e. The quantitative estimate of drug-likeness (QED) is 0.842. The lowest BCUT2D eigenvalue weighted by molar-refractivity contribution is -0.137. The first-order valence-corrected chi connectivity index (χ1v) is 6.19. The summed E-state index contributed by atoms with van der Waals surface area (Å²) in [5.41, 5.74) is 1.10. The molecule has 0 aliphatic heterocycles. The molecule has 0 bridgehead atoms. The van der Waals surface area contributed by atoms with Gasteiger partial charge in [0.15, 0.2) is 5.78 Å². The number of ether oxygens (including phenoxy) is 1. The lowest BCUT2D eigenvalue weighted by Crippen LogP contribution is -2.26. The Hall–Kier alpha value is -1.94. The second-order valence-electron chi connectivity index (χ2n) is 4.56. The Labute approximate surface area is 111 Å². The molecule has 4 nitrogen and oxygen atoms in total. The summed E-state index contributed by atoms with van der Waals surface area (Å²) in [5.74, 6) is -1.18. The average molecular weight is 260 g/mol. The maximum absolute atomic E-state index is 12.0. The van der Waals surface area contributed by atoms with Crippen LogP contribution in [0, 0.1) is 5.92 Å². The molecule has 1 aromatic carbocycles. The lowest BCUT2D eigenvalue weighted by atomic mass is 9.82. The number of esters is 1. The third kappa shape index (κ3) is 2.90. The fraction of sp³-hybridized carbons (Fsp3) is 0.333. The van der Waals surface area contributed by atoms with Crippen molar-refractivity contribution in [2.24, 2.45) is 5.92 Å². The Kier molecular flexibility index (Phi) is 4.12. The number of rotatable bonds is 3. The Bertz CT molecular complexity index is 504. The van der Waals surface area contributed by atoms with Gasteiger partial charge in [0.1, 0.15) is 0 Å². The topological polar surface area (TPSA) is 63.6 Å². The Balaban J connectivity index is 2.15. The van der Waals surface area contributed by atoms with Crippen molar-refractivity contribution in [1.82, 2.24) is 0 Å². The summed E-state index contributed by atoms with van der Waals surface area (Å²) in [7, 11) is 1.29. The standard InChI is InChI=1S/C15H16O4/c1-19-15(18)11-7-8-12(13(16)9-11)14(17)10-5-3-2-4-6-10/h2-6,9,12,14,17H,7-8H2,1H3/t12-,14+/m1/s1. The van der Waals surface area contributed by atoms with E-state index in [1.54, 1.807) is 12.1 Å². The van der Waals surface area contributed by atoms with Crippen LogP contribution in [0.3, 0.4) is 0 Å². The monoisotopic (exact) mass is 260 g/mol. The predicted octanol–water partition coefficient (Wildman–Crippen LogP) is 1.80. The lowest BCUT2D eigenvalue weighted by Gasteiger charge is -2.24. The minimum absolute atomic E-state index is 0.219. The molecule has 0 amide bonds. The highest BCUT2D eigenvalue weighted by Gasteiger charge is 2.31. The number of ketones is 1. The van der Waals surface area contributed by atoms with Gasteiger partial charge in [-0.3, -0.25) is 4.79 Å². The van der Waals surface area contributed by atoms with Crippen molar-refractivity contribution in [3.05, 3.63) is 47.5 Å². The molecular formula is C15H16O4. The molecule has 1 aliphatic carbocycles. The van der Waals surface area contributed by atoms with Gasteiger partial charge in [0.25, 0.3) is 0 Å². The normalized spacial score (nSPS) is 20.6. The zero-order valence-corrected chi connectivity index (χ0v) is 10.7. The number of hydrogen-bond donors (Lipinski definition) is 1. The zero-order chi connectivity index (χ0) is 13.8. The minimum atomic E-state index is -0.829. The summed E-state index contributed by atoms with van der Waals surface area (Å²) in [5, 5.41) is 10.2. The van der Waals surface area contributed by atoms with Gasteiger partial charge >= 0.3 is 5.97 Å². The van der Waals surface area contributed by atoms with E-state index in [1.165, 1.54) is 13.2 Å². The number of benzene rings is 1. The summed E-state index contributed by atoms with van der Waals surface area (Å²) in [6, 6.07) is 9.08. The number of carbonyl (C=O) groups is 2. The fourth-order valence-electron chi connectivity index (χ4n) is 2.29. The molecule has 2 atom stereocenters. The van der Waals surface area contributed by atoms with E-state index in [9.17, 15) is 14.7 Å². The largest absolute Gasteiger partial charge is 0.466 e. The molecule has 0 saturated heterocycles. The van der Waals surface area contributed by atoms with Crippen molar-refractivity contribution < 1.29 is 19.4 Å². The molecule has 0 heterocycles. The van der Waals surface area contributed by atoms with Gasteiger partial charge in [-0.2, -0.15) is 0 Å². The third-order valence-electron chi connectivity index (χ3n) is 3.38. The molecule has 1 N–H and O–H groups in total. The number of aliphatic hydroxyl groups excluding tert-OH is 1. The summed E-state index contributed by atoms with van der Waals surface area (Å²) in [6.07, 6.45) is 1.37. The molecule has 0 spiro atoms. The maximum atomic E-state index is 12.0. The number of aliphatic hydroxyl groups is 1. The molecule has 0 unspecified atom stereocenters. The number of methoxy groups -OCH3 is 1. The van der Waals surface area contributed by atoms with Crippen LogP contribution in [0.15, 0.2) is 42.0 Å². The molecule has 0 fully saturated rings. The van der Waals surface area contributed by atoms with Crippen LogP contribution in [-0.4, -0.2) is 24.0 Å². The zero-order valence-electron chi connectivity index (χ0n) is 10.7. The first-order valence-electron chi connectivity index (χ1n) is 6.19. The summed E-state index contributed by atoms with van der Waals surface area (Å²) < 4.78 is 4.60. The van der Waals surface area contributed by atoms with Crippen LogP contribution in [0.25, 0.3) is 0 Å². The SMILES string of the molecule is COC(=O)C1=CC(=O)[C@H]([C@@H](O)c2ccccc2)CC1. The van der Waals surface area contributed by atoms with E-state index >= 15 is 0 Å². The van der Waals surface area contributed by atoms with Crippen LogP contribution >= 0.6 is 0 Å². The Morgan fingerprint density at radius 2 is 2.05 bits per heavy atom. The number of allylic oxidation sites excluding steroid dienone is 1. The van der Waals surface area contributed by atoms with Crippen LogP contribution in [-0.2, 0) is 14.3 Å². The van der Waals surface area contributed by atoms with E-state index < -0.39 is 18.0 Å². The van der Waals surface area contributed by atoms with Gasteiger partial charge in [0.2, 0.25) is 0 Å². The van der Waals surface area contributed by atoms with Crippen molar-refractivity contribution in [3.63, 3.8) is 0 Å². The van der Waals surface area contributed by atoms with Crippen molar-refractivity contribution in [2.75, 3.05) is 7.11 Å². The van der Waals surface area contributed by atoms with Crippen LogP contribution in [0.2, 0.25) is 0 Å². The molecule has 0 saturated carbocycles. The fourth-order valence-corrected chi connectivity index (χ4v) is 2.29. The van der Waals surface area contributed by atoms with Gasteiger partial charge in [-0.15, -0.1) is 0 Å². The van der Waals surface area contributed by atoms with Gasteiger partial charge < -0.3 is 9.84 Å². The average Bonchev–Trinajstić information content (AvgIpc) is 2.46. The van der Waals surface area contributed by atoms with E-state index in [0.29, 0.717) is 18.4 Å². The minimum Gasteiger partial charge on any atom is -0.466 e. The summed E-state index contributed by atoms with van der Waals surface area (Å²) in [6.45, 7) is 0. The molecule has 1 aromatic rings. The van der Waals surface area contributed by atoms with Gasteiger partial charge in [0.05, 0.1) is 19.1 Å². The summed E-state index contributed by atoms with van der Waals surface area (Å²) in [4.78, 5) is 23.3. The predicted molar refractivity (Wildman–Crippen MR) is 69.2 cm³/mol. The molecule has 1 aliphatic rings. The van der Waals surface area contributed by atoms with E-state index in [1.807, 2.05) is 18.2 Å².